The Labute approximate surface area is 110 Å². The second-order valence-corrected chi connectivity index (χ2v) is 5.83. The van der Waals surface area contributed by atoms with Gasteiger partial charge in [0.1, 0.15) is 0 Å². The quantitative estimate of drug-likeness (QED) is 0.477. The highest BCUT2D eigenvalue weighted by Crippen LogP contribution is 2.34. The molecule has 1 aromatic rings. The van der Waals surface area contributed by atoms with Crippen LogP contribution in [0.25, 0.3) is 0 Å². The molecule has 0 amide bonds. The van der Waals surface area contributed by atoms with Crippen LogP contribution in [0.3, 0.4) is 0 Å². The molecule has 92 valence electrons. The van der Waals surface area contributed by atoms with Gasteiger partial charge in [0.15, 0.2) is 0 Å². The number of nitrogens with zero attached hydrogens (tertiary/aromatic N) is 1. The highest BCUT2D eigenvalue weighted by Gasteiger charge is 2.25. The Balaban J connectivity index is 2.09. The molecule has 0 bridgehead atoms. The van der Waals surface area contributed by atoms with Gasteiger partial charge in [-0.3, -0.25) is 10.1 Å². The van der Waals surface area contributed by atoms with Gasteiger partial charge in [-0.1, -0.05) is 47.0 Å². The van der Waals surface area contributed by atoms with Gasteiger partial charge in [-0.2, -0.15) is 0 Å². The van der Waals surface area contributed by atoms with Crippen molar-refractivity contribution in [2.24, 2.45) is 5.92 Å². The number of halogens is 1. The predicted octanol–water partition coefficient (Wildman–Crippen LogP) is 4.09. The topological polar surface area (TPSA) is 43.1 Å². The second kappa shape index (κ2) is 5.63. The fraction of sp³-hybridized carbons (Fsp3) is 0.538. The molecule has 17 heavy (non-hydrogen) atoms. The molecule has 0 N–H and O–H groups in total. The normalized spacial score (nSPS) is 18.2. The van der Waals surface area contributed by atoms with E-state index in [1.165, 1.54) is 25.7 Å². The Morgan fingerprint density at radius 2 is 2.00 bits per heavy atom. The van der Waals surface area contributed by atoms with E-state index in [0.717, 1.165) is 12.0 Å². The van der Waals surface area contributed by atoms with Crippen molar-refractivity contribution in [1.82, 2.24) is 0 Å². The Hall–Kier alpha value is -0.900. The summed E-state index contributed by atoms with van der Waals surface area (Å²) in [4.78, 5) is 11.0. The average Bonchev–Trinajstić information content (AvgIpc) is 2.83. The molecule has 0 saturated heterocycles. The molecule has 3 nitrogen and oxygen atoms in total. The smallest absolute Gasteiger partial charge is 0.258 e. The molecule has 0 heterocycles. The third-order valence-corrected chi connectivity index (χ3v) is 4.59. The second-order valence-electron chi connectivity index (χ2n) is 4.65. The van der Waals surface area contributed by atoms with Gasteiger partial charge in [-0.25, -0.2) is 0 Å². The fourth-order valence-electron chi connectivity index (χ4n) is 2.56. The number of hydrogen-bond acceptors (Lipinski definition) is 2. The van der Waals surface area contributed by atoms with E-state index in [1.807, 2.05) is 12.1 Å². The van der Waals surface area contributed by atoms with Gasteiger partial charge in [-0.15, -0.1) is 0 Å². The Kier molecular flexibility index (Phi) is 4.15. The summed E-state index contributed by atoms with van der Waals surface area (Å²) in [6.45, 7) is 0. The summed E-state index contributed by atoms with van der Waals surface area (Å²) in [5, 5.41) is 10.9. The zero-order chi connectivity index (χ0) is 12.3. The fourth-order valence-corrected chi connectivity index (χ4v) is 3.43. The molecular weight excluding hydrogens is 282 g/mol. The summed E-state index contributed by atoms with van der Waals surface area (Å²) in [5.74, 6) is 0.676. The minimum Gasteiger partial charge on any atom is -0.258 e. The molecule has 1 saturated carbocycles. The van der Waals surface area contributed by atoms with Crippen molar-refractivity contribution in [2.45, 2.75) is 36.9 Å². The van der Waals surface area contributed by atoms with Crippen LogP contribution in [-0.4, -0.2) is 9.75 Å². The van der Waals surface area contributed by atoms with Gasteiger partial charge in [0.25, 0.3) is 5.69 Å². The molecular formula is C13H16BrNO2. The maximum atomic E-state index is 10.9. The Morgan fingerprint density at radius 3 is 2.65 bits per heavy atom. The van der Waals surface area contributed by atoms with E-state index in [-0.39, 0.29) is 10.6 Å². The lowest BCUT2D eigenvalue weighted by molar-refractivity contribution is -0.385. The standard InChI is InChI=1S/C13H16BrNO2/c14-12(10-5-1-2-6-10)9-11-7-3-4-8-13(11)15(16)17/h3-4,7-8,10,12H,1-2,5-6,9H2. The summed E-state index contributed by atoms with van der Waals surface area (Å²) in [7, 11) is 0. The van der Waals surface area contributed by atoms with Crippen molar-refractivity contribution in [2.75, 3.05) is 0 Å². The first kappa shape index (κ1) is 12.6. The van der Waals surface area contributed by atoms with E-state index in [2.05, 4.69) is 15.9 Å². The maximum Gasteiger partial charge on any atom is 0.272 e. The number of nitro groups is 1. The number of para-hydroxylation sites is 1. The molecule has 4 heteroatoms. The lowest BCUT2D eigenvalue weighted by Crippen LogP contribution is -2.14. The zero-order valence-electron chi connectivity index (χ0n) is 9.64. The summed E-state index contributed by atoms with van der Waals surface area (Å²) in [6.07, 6.45) is 5.84. The molecule has 1 aliphatic carbocycles. The van der Waals surface area contributed by atoms with E-state index in [4.69, 9.17) is 0 Å². The predicted molar refractivity (Wildman–Crippen MR) is 71.5 cm³/mol. The van der Waals surface area contributed by atoms with Crippen LogP contribution >= 0.6 is 15.9 Å². The van der Waals surface area contributed by atoms with Crippen molar-refractivity contribution in [3.63, 3.8) is 0 Å². The molecule has 1 unspecified atom stereocenters. The van der Waals surface area contributed by atoms with Crippen molar-refractivity contribution in [3.8, 4) is 0 Å². The third-order valence-electron chi connectivity index (χ3n) is 3.51. The van der Waals surface area contributed by atoms with Crippen molar-refractivity contribution < 1.29 is 4.92 Å². The van der Waals surface area contributed by atoms with Gasteiger partial charge in [0, 0.05) is 16.5 Å². The van der Waals surface area contributed by atoms with E-state index in [0.29, 0.717) is 10.7 Å². The van der Waals surface area contributed by atoms with Gasteiger partial charge < -0.3 is 0 Å². The van der Waals surface area contributed by atoms with Gasteiger partial charge in [-0.05, 0) is 25.2 Å². The van der Waals surface area contributed by atoms with Crippen LogP contribution in [0, 0.1) is 16.0 Å². The van der Waals surface area contributed by atoms with Crippen molar-refractivity contribution in [1.29, 1.82) is 0 Å². The number of nitro benzene ring substituents is 1. The van der Waals surface area contributed by atoms with Gasteiger partial charge in [0.2, 0.25) is 0 Å². The van der Waals surface area contributed by atoms with Crippen LogP contribution in [0.1, 0.15) is 31.2 Å². The molecule has 1 fully saturated rings. The highest BCUT2D eigenvalue weighted by atomic mass is 79.9. The minimum absolute atomic E-state index is 0.245. The minimum atomic E-state index is -0.288. The number of alkyl halides is 1. The molecule has 1 aliphatic rings. The Bertz CT molecular complexity index is 402. The summed E-state index contributed by atoms with van der Waals surface area (Å²) >= 11 is 3.70. The molecule has 2 rings (SSSR count). The van der Waals surface area contributed by atoms with Gasteiger partial charge >= 0.3 is 0 Å². The van der Waals surface area contributed by atoms with Gasteiger partial charge in [0.05, 0.1) is 4.92 Å². The summed E-state index contributed by atoms with van der Waals surface area (Å²) in [6, 6.07) is 7.04. The molecule has 1 aromatic carbocycles. The number of hydrogen-bond donors (Lipinski definition) is 0. The lowest BCUT2D eigenvalue weighted by atomic mass is 9.97. The van der Waals surface area contributed by atoms with Crippen LogP contribution in [-0.2, 0) is 6.42 Å². The summed E-state index contributed by atoms with van der Waals surface area (Å²) in [5.41, 5.74) is 1.08. The van der Waals surface area contributed by atoms with Crippen LogP contribution in [0.4, 0.5) is 5.69 Å². The average molecular weight is 298 g/mol. The zero-order valence-corrected chi connectivity index (χ0v) is 11.2. The number of benzene rings is 1. The van der Waals surface area contributed by atoms with Crippen molar-refractivity contribution >= 4 is 21.6 Å². The van der Waals surface area contributed by atoms with E-state index < -0.39 is 0 Å². The maximum absolute atomic E-state index is 10.9. The highest BCUT2D eigenvalue weighted by molar-refractivity contribution is 9.09. The van der Waals surface area contributed by atoms with Crippen LogP contribution in [0.2, 0.25) is 0 Å². The first-order valence-corrected chi connectivity index (χ1v) is 6.96. The van der Waals surface area contributed by atoms with Crippen LogP contribution < -0.4 is 0 Å². The molecule has 1 atom stereocenters. The van der Waals surface area contributed by atoms with Crippen LogP contribution in [0.15, 0.2) is 24.3 Å². The molecule has 0 aliphatic heterocycles. The molecule has 0 radical (unpaired) electrons. The lowest BCUT2D eigenvalue weighted by Gasteiger charge is -2.16. The van der Waals surface area contributed by atoms with Crippen molar-refractivity contribution in [3.05, 3.63) is 39.9 Å². The third kappa shape index (κ3) is 3.06. The first-order valence-electron chi connectivity index (χ1n) is 6.05. The van der Waals surface area contributed by atoms with E-state index in [1.54, 1.807) is 12.1 Å². The molecule has 0 spiro atoms. The SMILES string of the molecule is O=[N+]([O-])c1ccccc1CC(Br)C1CCCC1. The van der Waals surface area contributed by atoms with E-state index in [9.17, 15) is 10.1 Å². The van der Waals surface area contributed by atoms with Crippen LogP contribution in [0.5, 0.6) is 0 Å². The molecule has 0 aromatic heterocycles. The first-order chi connectivity index (χ1) is 8.18. The number of rotatable bonds is 4. The summed E-state index contributed by atoms with van der Waals surface area (Å²) < 4.78 is 0. The Morgan fingerprint density at radius 1 is 1.35 bits per heavy atom. The van der Waals surface area contributed by atoms with E-state index >= 15 is 0 Å². The largest absolute Gasteiger partial charge is 0.272 e. The monoisotopic (exact) mass is 297 g/mol.